The molecule has 2 aromatic rings. The summed E-state index contributed by atoms with van der Waals surface area (Å²) in [6, 6.07) is 17.5. The maximum atomic E-state index is 12.4. The average Bonchev–Trinajstić information content (AvgIpc) is 2.75. The fraction of sp³-hybridized carbons (Fsp3) is 0.300. The van der Waals surface area contributed by atoms with Gasteiger partial charge in [-0.1, -0.05) is 60.7 Å². The van der Waals surface area contributed by atoms with Crippen LogP contribution in [0.2, 0.25) is 0 Å². The summed E-state index contributed by atoms with van der Waals surface area (Å²) in [5, 5.41) is 39.2. The second kappa shape index (κ2) is 10.5. The van der Waals surface area contributed by atoms with Crippen molar-refractivity contribution >= 4 is 11.8 Å². The first-order valence-corrected chi connectivity index (χ1v) is 8.71. The standard InChI is InChI=1S/C20H24N2O6/c23-13-21(11-15-7-3-1-4-8-15)19(27)17(25)18(26)20(28)22(14-24)12-16-9-5-2-6-10-16/h1-10,17-18,23-26H,11-14H2. The topological polar surface area (TPSA) is 122 Å². The summed E-state index contributed by atoms with van der Waals surface area (Å²) >= 11 is 0. The maximum Gasteiger partial charge on any atom is 0.256 e. The van der Waals surface area contributed by atoms with Gasteiger partial charge in [0, 0.05) is 13.1 Å². The molecular formula is C20H24N2O6. The Hall–Kier alpha value is -2.78. The first kappa shape index (κ1) is 21.5. The third-order valence-corrected chi connectivity index (χ3v) is 4.20. The van der Waals surface area contributed by atoms with Gasteiger partial charge in [0.1, 0.15) is 13.5 Å². The lowest BCUT2D eigenvalue weighted by Crippen LogP contribution is -2.51. The lowest BCUT2D eigenvalue weighted by Gasteiger charge is -2.28. The number of rotatable bonds is 9. The molecule has 0 fully saturated rings. The molecule has 2 rings (SSSR count). The van der Waals surface area contributed by atoms with Crippen molar-refractivity contribution in [3.05, 3.63) is 71.8 Å². The molecule has 0 radical (unpaired) electrons. The van der Waals surface area contributed by atoms with Crippen molar-refractivity contribution in [3.63, 3.8) is 0 Å². The van der Waals surface area contributed by atoms with Crippen molar-refractivity contribution in [2.24, 2.45) is 0 Å². The van der Waals surface area contributed by atoms with Gasteiger partial charge < -0.3 is 30.2 Å². The summed E-state index contributed by atoms with van der Waals surface area (Å²) in [5.74, 6) is -1.99. The number of carbonyl (C=O) groups is 2. The molecule has 0 heterocycles. The van der Waals surface area contributed by atoms with Crippen LogP contribution in [0.3, 0.4) is 0 Å². The van der Waals surface area contributed by atoms with E-state index in [1.807, 2.05) is 0 Å². The SMILES string of the molecule is O=C(C(O)C(O)C(=O)N(CO)Cc1ccccc1)N(CO)Cc1ccccc1. The fourth-order valence-electron chi connectivity index (χ4n) is 2.65. The van der Waals surface area contributed by atoms with Gasteiger partial charge in [0.25, 0.3) is 11.8 Å². The third kappa shape index (κ3) is 5.61. The smallest absolute Gasteiger partial charge is 0.256 e. The number of aliphatic hydroxyl groups excluding tert-OH is 4. The van der Waals surface area contributed by atoms with Crippen LogP contribution in [0.25, 0.3) is 0 Å². The lowest BCUT2D eigenvalue weighted by atomic mass is 10.1. The first-order valence-electron chi connectivity index (χ1n) is 8.71. The van der Waals surface area contributed by atoms with Crippen LogP contribution < -0.4 is 0 Å². The van der Waals surface area contributed by atoms with Crippen LogP contribution in [0.15, 0.2) is 60.7 Å². The number of hydrogen-bond acceptors (Lipinski definition) is 6. The quantitative estimate of drug-likeness (QED) is 0.436. The number of amides is 2. The molecule has 8 heteroatoms. The van der Waals surface area contributed by atoms with Gasteiger partial charge in [0.05, 0.1) is 0 Å². The van der Waals surface area contributed by atoms with Gasteiger partial charge in [-0.05, 0) is 11.1 Å². The van der Waals surface area contributed by atoms with E-state index >= 15 is 0 Å². The number of nitrogens with zero attached hydrogens (tertiary/aromatic N) is 2. The van der Waals surface area contributed by atoms with Gasteiger partial charge in [-0.15, -0.1) is 0 Å². The first-order chi connectivity index (χ1) is 13.5. The summed E-state index contributed by atoms with van der Waals surface area (Å²) < 4.78 is 0. The number of carbonyl (C=O) groups excluding carboxylic acids is 2. The summed E-state index contributed by atoms with van der Waals surface area (Å²) in [6.07, 6.45) is -4.15. The van der Waals surface area contributed by atoms with Gasteiger partial charge in [0.15, 0.2) is 12.2 Å². The van der Waals surface area contributed by atoms with Gasteiger partial charge in [-0.2, -0.15) is 0 Å². The Balaban J connectivity index is 2.04. The Morgan fingerprint density at radius 1 is 0.679 bits per heavy atom. The number of aliphatic hydroxyl groups is 4. The van der Waals surface area contributed by atoms with Crippen molar-refractivity contribution in [3.8, 4) is 0 Å². The van der Waals surface area contributed by atoms with Crippen molar-refractivity contribution < 1.29 is 30.0 Å². The molecule has 0 spiro atoms. The Bertz CT molecular complexity index is 690. The molecule has 0 aromatic heterocycles. The number of hydrogen-bond donors (Lipinski definition) is 4. The zero-order valence-electron chi connectivity index (χ0n) is 15.3. The van der Waals surface area contributed by atoms with E-state index in [4.69, 9.17) is 0 Å². The Morgan fingerprint density at radius 3 is 1.29 bits per heavy atom. The summed E-state index contributed by atoms with van der Waals surface area (Å²) in [6.45, 7) is -1.39. The Morgan fingerprint density at radius 2 is 1.00 bits per heavy atom. The fourth-order valence-corrected chi connectivity index (χ4v) is 2.65. The minimum absolute atomic E-state index is 0.00186. The minimum atomic E-state index is -2.08. The zero-order chi connectivity index (χ0) is 20.5. The molecule has 2 unspecified atom stereocenters. The van der Waals surface area contributed by atoms with Crippen LogP contribution in [0.1, 0.15) is 11.1 Å². The minimum Gasteiger partial charge on any atom is -0.380 e. The van der Waals surface area contributed by atoms with E-state index in [-0.39, 0.29) is 13.1 Å². The highest BCUT2D eigenvalue weighted by Crippen LogP contribution is 2.11. The van der Waals surface area contributed by atoms with Crippen LogP contribution in [-0.4, -0.2) is 67.7 Å². The van der Waals surface area contributed by atoms with Crippen molar-refractivity contribution in [2.45, 2.75) is 25.3 Å². The second-order valence-corrected chi connectivity index (χ2v) is 6.22. The van der Waals surface area contributed by atoms with Gasteiger partial charge in [-0.25, -0.2) is 0 Å². The Labute approximate surface area is 162 Å². The highest BCUT2D eigenvalue weighted by atomic mass is 16.4. The molecule has 2 aromatic carbocycles. The van der Waals surface area contributed by atoms with Crippen LogP contribution in [0.5, 0.6) is 0 Å². The molecule has 8 nitrogen and oxygen atoms in total. The number of benzene rings is 2. The van der Waals surface area contributed by atoms with E-state index < -0.39 is 37.5 Å². The van der Waals surface area contributed by atoms with Crippen LogP contribution in [0, 0.1) is 0 Å². The molecule has 0 saturated carbocycles. The molecule has 0 aliphatic carbocycles. The summed E-state index contributed by atoms with van der Waals surface area (Å²) in [4.78, 5) is 26.7. The molecule has 4 N–H and O–H groups in total. The van der Waals surface area contributed by atoms with Crippen molar-refractivity contribution in [2.75, 3.05) is 13.5 Å². The van der Waals surface area contributed by atoms with Crippen molar-refractivity contribution in [1.29, 1.82) is 0 Å². The van der Waals surface area contributed by atoms with Gasteiger partial charge >= 0.3 is 0 Å². The Kier molecular flexibility index (Phi) is 8.09. The summed E-state index contributed by atoms with van der Waals surface area (Å²) in [5.41, 5.74) is 1.41. The molecule has 0 aliphatic heterocycles. The predicted octanol–water partition coefficient (Wildman–Crippen LogP) is -0.335. The zero-order valence-corrected chi connectivity index (χ0v) is 15.3. The average molecular weight is 388 g/mol. The monoisotopic (exact) mass is 388 g/mol. The third-order valence-electron chi connectivity index (χ3n) is 4.20. The lowest BCUT2D eigenvalue weighted by molar-refractivity contribution is -0.163. The molecule has 0 bridgehead atoms. The van der Waals surface area contributed by atoms with Crippen LogP contribution >= 0.6 is 0 Å². The van der Waals surface area contributed by atoms with E-state index in [0.29, 0.717) is 11.1 Å². The van der Waals surface area contributed by atoms with E-state index in [2.05, 4.69) is 0 Å². The highest BCUT2D eigenvalue weighted by molar-refractivity contribution is 5.90. The van der Waals surface area contributed by atoms with E-state index in [1.165, 1.54) is 0 Å². The molecule has 2 atom stereocenters. The summed E-state index contributed by atoms with van der Waals surface area (Å²) in [7, 11) is 0. The van der Waals surface area contributed by atoms with Crippen LogP contribution in [0.4, 0.5) is 0 Å². The maximum absolute atomic E-state index is 12.4. The molecule has 28 heavy (non-hydrogen) atoms. The van der Waals surface area contributed by atoms with E-state index in [1.54, 1.807) is 60.7 Å². The van der Waals surface area contributed by atoms with E-state index in [9.17, 15) is 30.0 Å². The van der Waals surface area contributed by atoms with Crippen molar-refractivity contribution in [1.82, 2.24) is 9.80 Å². The predicted molar refractivity (Wildman–Crippen MR) is 100 cm³/mol. The van der Waals surface area contributed by atoms with Crippen LogP contribution in [-0.2, 0) is 22.7 Å². The van der Waals surface area contributed by atoms with E-state index in [0.717, 1.165) is 9.80 Å². The molecule has 0 aliphatic rings. The molecular weight excluding hydrogens is 364 g/mol. The van der Waals surface area contributed by atoms with Gasteiger partial charge in [-0.3, -0.25) is 9.59 Å². The normalized spacial score (nSPS) is 12.9. The molecule has 2 amide bonds. The second-order valence-electron chi connectivity index (χ2n) is 6.22. The van der Waals surface area contributed by atoms with Gasteiger partial charge in [0.2, 0.25) is 0 Å². The largest absolute Gasteiger partial charge is 0.380 e. The highest BCUT2D eigenvalue weighted by Gasteiger charge is 2.35. The molecule has 0 saturated heterocycles. The molecule has 150 valence electrons.